The third kappa shape index (κ3) is 6.86. The number of benzene rings is 1. The first-order valence-electron chi connectivity index (χ1n) is 9.73. The SMILES string of the molecule is CN=C(NCc1ncc(C(C)(C)C)o1)N1CCN(Cc2ccc(Cl)cc2)CC1.I. The number of hydrogen-bond donors (Lipinski definition) is 1. The topological polar surface area (TPSA) is 56.9 Å². The first-order chi connectivity index (χ1) is 13.3. The van der Waals surface area contributed by atoms with Crippen LogP contribution in [0.5, 0.6) is 0 Å². The van der Waals surface area contributed by atoms with Gasteiger partial charge in [-0.2, -0.15) is 0 Å². The Morgan fingerprint density at radius 2 is 1.83 bits per heavy atom. The van der Waals surface area contributed by atoms with Crippen LogP contribution in [0.3, 0.4) is 0 Å². The van der Waals surface area contributed by atoms with Gasteiger partial charge in [-0.3, -0.25) is 9.89 Å². The number of nitrogens with one attached hydrogen (secondary N) is 1. The molecule has 3 rings (SSSR count). The van der Waals surface area contributed by atoms with Gasteiger partial charge in [0.2, 0.25) is 5.89 Å². The van der Waals surface area contributed by atoms with Gasteiger partial charge in [0, 0.05) is 50.2 Å². The van der Waals surface area contributed by atoms with Crippen LogP contribution in [0.25, 0.3) is 0 Å². The van der Waals surface area contributed by atoms with Gasteiger partial charge in [0.05, 0.1) is 12.7 Å². The monoisotopic (exact) mass is 531 g/mol. The average Bonchev–Trinajstić information content (AvgIpc) is 3.15. The second-order valence-electron chi connectivity index (χ2n) is 8.16. The minimum absolute atomic E-state index is 0. The van der Waals surface area contributed by atoms with Crippen LogP contribution in [0, 0.1) is 0 Å². The molecule has 0 saturated carbocycles. The van der Waals surface area contributed by atoms with E-state index in [9.17, 15) is 0 Å². The number of piperazine rings is 1. The summed E-state index contributed by atoms with van der Waals surface area (Å²) in [5, 5.41) is 4.16. The van der Waals surface area contributed by atoms with Gasteiger partial charge in [-0.05, 0) is 17.7 Å². The number of halogens is 2. The molecular weight excluding hydrogens is 501 g/mol. The molecule has 1 aliphatic rings. The normalized spacial score (nSPS) is 15.9. The van der Waals surface area contributed by atoms with Crippen LogP contribution in [0.4, 0.5) is 0 Å². The molecule has 1 saturated heterocycles. The van der Waals surface area contributed by atoms with E-state index in [-0.39, 0.29) is 29.4 Å². The summed E-state index contributed by atoms with van der Waals surface area (Å²) >= 11 is 5.97. The lowest BCUT2D eigenvalue weighted by molar-refractivity contribution is 0.172. The van der Waals surface area contributed by atoms with Crippen molar-refractivity contribution in [3.05, 3.63) is 52.7 Å². The van der Waals surface area contributed by atoms with Crippen molar-refractivity contribution in [3.63, 3.8) is 0 Å². The van der Waals surface area contributed by atoms with Crippen LogP contribution in [-0.2, 0) is 18.5 Å². The molecule has 2 heterocycles. The number of hydrogen-bond acceptors (Lipinski definition) is 4. The minimum Gasteiger partial charge on any atom is -0.443 e. The molecule has 0 aliphatic carbocycles. The van der Waals surface area contributed by atoms with Gasteiger partial charge in [-0.1, -0.05) is 44.5 Å². The Kier molecular flexibility index (Phi) is 8.78. The molecule has 1 N–H and O–H groups in total. The van der Waals surface area contributed by atoms with Crippen molar-refractivity contribution >= 4 is 41.5 Å². The standard InChI is InChI=1S/C21H30ClN5O.HI/c1-21(2,3)18-13-24-19(28-18)14-25-20(23-4)27-11-9-26(10-12-27)15-16-5-7-17(22)8-6-16;/h5-8,13H,9-12,14-15H2,1-4H3,(H,23,25);1H. The predicted octanol–water partition coefficient (Wildman–Crippen LogP) is 4.14. The Morgan fingerprint density at radius 3 is 2.38 bits per heavy atom. The molecule has 1 fully saturated rings. The smallest absolute Gasteiger partial charge is 0.213 e. The summed E-state index contributed by atoms with van der Waals surface area (Å²) < 4.78 is 5.86. The van der Waals surface area contributed by atoms with E-state index in [1.165, 1.54) is 5.56 Å². The zero-order valence-electron chi connectivity index (χ0n) is 17.6. The molecule has 0 amide bonds. The Balaban J connectivity index is 0.00000300. The van der Waals surface area contributed by atoms with E-state index in [1.54, 1.807) is 0 Å². The van der Waals surface area contributed by atoms with E-state index < -0.39 is 0 Å². The van der Waals surface area contributed by atoms with Crippen LogP contribution in [0.1, 0.15) is 38.0 Å². The molecule has 8 heteroatoms. The Labute approximate surface area is 195 Å². The molecule has 0 radical (unpaired) electrons. The average molecular weight is 532 g/mol. The lowest BCUT2D eigenvalue weighted by atomic mass is 9.94. The summed E-state index contributed by atoms with van der Waals surface area (Å²) in [5.74, 6) is 2.48. The third-order valence-corrected chi connectivity index (χ3v) is 5.15. The molecule has 29 heavy (non-hydrogen) atoms. The molecule has 160 valence electrons. The van der Waals surface area contributed by atoms with E-state index in [1.807, 2.05) is 25.4 Å². The second kappa shape index (κ2) is 10.6. The van der Waals surface area contributed by atoms with Gasteiger partial charge in [0.1, 0.15) is 5.76 Å². The summed E-state index contributed by atoms with van der Waals surface area (Å²) in [4.78, 5) is 13.5. The first kappa shape index (κ1) is 24.0. The van der Waals surface area contributed by atoms with Crippen molar-refractivity contribution in [3.8, 4) is 0 Å². The Hall–Kier alpha value is -1.32. The third-order valence-electron chi connectivity index (χ3n) is 4.89. The van der Waals surface area contributed by atoms with Gasteiger partial charge in [0.15, 0.2) is 5.96 Å². The van der Waals surface area contributed by atoms with E-state index in [0.29, 0.717) is 12.4 Å². The van der Waals surface area contributed by atoms with Gasteiger partial charge < -0.3 is 14.6 Å². The van der Waals surface area contributed by atoms with Crippen LogP contribution in [0.2, 0.25) is 5.02 Å². The molecule has 0 atom stereocenters. The maximum Gasteiger partial charge on any atom is 0.213 e. The van der Waals surface area contributed by atoms with Gasteiger partial charge in [-0.25, -0.2) is 4.98 Å². The molecule has 0 spiro atoms. The number of rotatable bonds is 4. The highest BCUT2D eigenvalue weighted by atomic mass is 127. The molecule has 0 bridgehead atoms. The fourth-order valence-electron chi connectivity index (χ4n) is 3.19. The van der Waals surface area contributed by atoms with E-state index in [0.717, 1.165) is 49.5 Å². The number of nitrogens with zero attached hydrogens (tertiary/aromatic N) is 4. The Bertz CT molecular complexity index is 792. The highest BCUT2D eigenvalue weighted by Crippen LogP contribution is 2.22. The molecule has 0 unspecified atom stereocenters. The molecule has 2 aromatic rings. The van der Waals surface area contributed by atoms with Crippen LogP contribution in [0.15, 0.2) is 39.9 Å². The molecule has 1 aromatic heterocycles. The molecule has 6 nitrogen and oxygen atoms in total. The molecule has 1 aromatic carbocycles. The van der Waals surface area contributed by atoms with Gasteiger partial charge >= 0.3 is 0 Å². The molecular formula is C21H31ClIN5O. The zero-order valence-corrected chi connectivity index (χ0v) is 20.7. The van der Waals surface area contributed by atoms with Crippen LogP contribution < -0.4 is 5.32 Å². The summed E-state index contributed by atoms with van der Waals surface area (Å²) in [6.45, 7) is 11.7. The van der Waals surface area contributed by atoms with Crippen LogP contribution >= 0.6 is 35.6 Å². The van der Waals surface area contributed by atoms with Crippen molar-refractivity contribution < 1.29 is 4.42 Å². The fourth-order valence-corrected chi connectivity index (χ4v) is 3.32. The highest BCUT2D eigenvalue weighted by Gasteiger charge is 2.21. The molecule has 1 aliphatic heterocycles. The summed E-state index contributed by atoms with van der Waals surface area (Å²) in [7, 11) is 1.82. The fraction of sp³-hybridized carbons (Fsp3) is 0.524. The lowest BCUT2D eigenvalue weighted by Gasteiger charge is -2.36. The first-order valence-corrected chi connectivity index (χ1v) is 10.1. The van der Waals surface area contributed by atoms with Gasteiger partial charge in [-0.15, -0.1) is 24.0 Å². The predicted molar refractivity (Wildman–Crippen MR) is 129 cm³/mol. The van der Waals surface area contributed by atoms with E-state index >= 15 is 0 Å². The van der Waals surface area contributed by atoms with Crippen molar-refractivity contribution in [1.82, 2.24) is 20.1 Å². The van der Waals surface area contributed by atoms with Crippen molar-refractivity contribution in [1.29, 1.82) is 0 Å². The number of aliphatic imine (C=N–C) groups is 1. The van der Waals surface area contributed by atoms with Crippen LogP contribution in [-0.4, -0.2) is 54.0 Å². The van der Waals surface area contributed by atoms with Gasteiger partial charge in [0.25, 0.3) is 0 Å². The highest BCUT2D eigenvalue weighted by molar-refractivity contribution is 14.0. The summed E-state index contributed by atoms with van der Waals surface area (Å²) in [5.41, 5.74) is 1.26. The minimum atomic E-state index is -0.0344. The lowest BCUT2D eigenvalue weighted by Crippen LogP contribution is -2.52. The van der Waals surface area contributed by atoms with E-state index in [2.05, 4.69) is 58.0 Å². The van der Waals surface area contributed by atoms with Crippen molar-refractivity contribution in [2.75, 3.05) is 33.2 Å². The number of aromatic nitrogens is 1. The summed E-state index contributed by atoms with van der Waals surface area (Å²) in [6, 6.07) is 8.09. The van der Waals surface area contributed by atoms with Crippen molar-refractivity contribution in [2.45, 2.75) is 39.3 Å². The second-order valence-corrected chi connectivity index (χ2v) is 8.60. The van der Waals surface area contributed by atoms with Crippen molar-refractivity contribution in [2.24, 2.45) is 4.99 Å². The zero-order chi connectivity index (χ0) is 20.1. The maximum absolute atomic E-state index is 5.97. The Morgan fingerprint density at radius 1 is 1.17 bits per heavy atom. The largest absolute Gasteiger partial charge is 0.443 e. The number of guanidine groups is 1. The number of oxazole rings is 1. The summed E-state index contributed by atoms with van der Waals surface area (Å²) in [6.07, 6.45) is 1.81. The maximum atomic E-state index is 5.97. The van der Waals surface area contributed by atoms with E-state index in [4.69, 9.17) is 16.0 Å². The quantitative estimate of drug-likeness (QED) is 0.365.